The Hall–Kier alpha value is -1.08. The molecule has 2 aromatic rings. The molecule has 0 amide bonds. The number of halogens is 1. The summed E-state index contributed by atoms with van der Waals surface area (Å²) in [5.41, 5.74) is 0. The molecule has 18 heavy (non-hydrogen) atoms. The van der Waals surface area contributed by atoms with Crippen molar-refractivity contribution in [1.29, 1.82) is 0 Å². The lowest BCUT2D eigenvalue weighted by molar-refractivity contribution is 0.766. The molecule has 0 atom stereocenters. The first-order valence-corrected chi connectivity index (χ1v) is 7.23. The van der Waals surface area contributed by atoms with E-state index in [0.29, 0.717) is 5.95 Å². The molecular weight excluding hydrogens is 314 g/mol. The molecule has 0 radical (unpaired) electrons. The summed E-state index contributed by atoms with van der Waals surface area (Å²) < 4.78 is 2.66. The minimum absolute atomic E-state index is 0.659. The first kappa shape index (κ1) is 13.4. The predicted molar refractivity (Wildman–Crippen MR) is 75.8 cm³/mol. The highest BCUT2D eigenvalue weighted by atomic mass is 79.9. The van der Waals surface area contributed by atoms with Crippen molar-refractivity contribution in [2.45, 2.75) is 23.3 Å². The molecule has 0 aliphatic heterocycles. The maximum Gasteiger partial charge on any atom is 0.223 e. The van der Waals surface area contributed by atoms with Crippen LogP contribution < -0.4 is 5.32 Å². The van der Waals surface area contributed by atoms with Gasteiger partial charge < -0.3 is 5.32 Å². The third kappa shape index (κ3) is 3.46. The smallest absolute Gasteiger partial charge is 0.223 e. The van der Waals surface area contributed by atoms with Gasteiger partial charge in [0.05, 0.1) is 15.6 Å². The summed E-state index contributed by atoms with van der Waals surface area (Å²) >= 11 is 5.02. The molecule has 0 aromatic carbocycles. The van der Waals surface area contributed by atoms with E-state index in [4.69, 9.17) is 0 Å². The second-order valence-electron chi connectivity index (χ2n) is 3.73. The van der Waals surface area contributed by atoms with Crippen LogP contribution in [0.15, 0.2) is 33.0 Å². The molecule has 0 spiro atoms. The molecular formula is C11H14BrN5S. The van der Waals surface area contributed by atoms with Crippen LogP contribution in [-0.4, -0.2) is 26.3 Å². The molecule has 7 heteroatoms. The molecule has 1 N–H and O–H groups in total. The van der Waals surface area contributed by atoms with E-state index in [1.165, 1.54) is 0 Å². The molecule has 0 saturated heterocycles. The zero-order valence-electron chi connectivity index (χ0n) is 10.2. The number of aryl methyl sites for hydroxylation is 1. The van der Waals surface area contributed by atoms with Crippen molar-refractivity contribution in [3.05, 3.63) is 23.1 Å². The standard InChI is InChI=1S/C11H14BrN5S/c1-3-4-13-11-14-6-9(12)10(16-11)18-8-5-15-17(2)7-8/h5-7H,3-4H2,1-2H3,(H,13,14,16). The van der Waals surface area contributed by atoms with Crippen molar-refractivity contribution < 1.29 is 0 Å². The van der Waals surface area contributed by atoms with Gasteiger partial charge in [0.1, 0.15) is 5.03 Å². The van der Waals surface area contributed by atoms with E-state index in [9.17, 15) is 0 Å². The lowest BCUT2D eigenvalue weighted by atomic mass is 10.5. The fourth-order valence-electron chi connectivity index (χ4n) is 1.31. The second kappa shape index (κ2) is 6.19. The van der Waals surface area contributed by atoms with Crippen LogP contribution in [0.4, 0.5) is 5.95 Å². The van der Waals surface area contributed by atoms with Gasteiger partial charge >= 0.3 is 0 Å². The number of aromatic nitrogens is 4. The van der Waals surface area contributed by atoms with Crippen LogP contribution in [0.3, 0.4) is 0 Å². The summed E-state index contributed by atoms with van der Waals surface area (Å²) in [6.45, 7) is 2.98. The fraction of sp³-hybridized carbons (Fsp3) is 0.364. The molecule has 2 rings (SSSR count). The zero-order valence-corrected chi connectivity index (χ0v) is 12.6. The monoisotopic (exact) mass is 327 g/mol. The SMILES string of the molecule is CCCNc1ncc(Br)c(Sc2cnn(C)c2)n1. The highest BCUT2D eigenvalue weighted by Crippen LogP contribution is 2.31. The topological polar surface area (TPSA) is 55.6 Å². The zero-order chi connectivity index (χ0) is 13.0. The van der Waals surface area contributed by atoms with Gasteiger partial charge in [-0.25, -0.2) is 9.97 Å². The Morgan fingerprint density at radius 1 is 1.44 bits per heavy atom. The number of anilines is 1. The third-order valence-corrected chi connectivity index (χ3v) is 3.93. The van der Waals surface area contributed by atoms with Crippen molar-refractivity contribution >= 4 is 33.6 Å². The van der Waals surface area contributed by atoms with Gasteiger partial charge in [-0.1, -0.05) is 18.7 Å². The van der Waals surface area contributed by atoms with E-state index >= 15 is 0 Å². The first-order valence-electron chi connectivity index (χ1n) is 5.62. The Bertz CT molecular complexity index is 528. The number of nitrogens with one attached hydrogen (secondary N) is 1. The van der Waals surface area contributed by atoms with E-state index in [2.05, 4.69) is 43.2 Å². The molecule has 0 unspecified atom stereocenters. The van der Waals surface area contributed by atoms with Gasteiger partial charge in [-0.3, -0.25) is 4.68 Å². The maximum atomic E-state index is 4.47. The van der Waals surface area contributed by atoms with E-state index in [0.717, 1.165) is 27.4 Å². The van der Waals surface area contributed by atoms with Crippen molar-refractivity contribution in [3.63, 3.8) is 0 Å². The minimum Gasteiger partial charge on any atom is -0.354 e. The van der Waals surface area contributed by atoms with E-state index in [-0.39, 0.29) is 0 Å². The predicted octanol–water partition coefficient (Wildman–Crippen LogP) is 2.95. The summed E-state index contributed by atoms with van der Waals surface area (Å²) in [6, 6.07) is 0. The normalized spacial score (nSPS) is 10.6. The second-order valence-corrected chi connectivity index (χ2v) is 5.64. The Kier molecular flexibility index (Phi) is 4.60. The van der Waals surface area contributed by atoms with Crippen LogP contribution in [0.25, 0.3) is 0 Å². The van der Waals surface area contributed by atoms with Gasteiger partial charge in [0.2, 0.25) is 5.95 Å². The van der Waals surface area contributed by atoms with Crippen LogP contribution in [0.1, 0.15) is 13.3 Å². The summed E-state index contributed by atoms with van der Waals surface area (Å²) in [4.78, 5) is 9.75. The quantitative estimate of drug-likeness (QED) is 0.855. The fourth-order valence-corrected chi connectivity index (χ4v) is 2.55. The lowest BCUT2D eigenvalue weighted by Crippen LogP contribution is -2.04. The van der Waals surface area contributed by atoms with Crippen molar-refractivity contribution in [2.75, 3.05) is 11.9 Å². The minimum atomic E-state index is 0.659. The Morgan fingerprint density at radius 3 is 2.94 bits per heavy atom. The van der Waals surface area contributed by atoms with Gasteiger partial charge in [-0.05, 0) is 22.4 Å². The molecule has 96 valence electrons. The van der Waals surface area contributed by atoms with E-state index in [1.54, 1.807) is 22.6 Å². The number of hydrogen-bond donors (Lipinski definition) is 1. The molecule has 2 heterocycles. The Balaban J connectivity index is 2.15. The molecule has 0 bridgehead atoms. The van der Waals surface area contributed by atoms with Crippen LogP contribution in [0, 0.1) is 0 Å². The van der Waals surface area contributed by atoms with E-state index < -0.39 is 0 Å². The van der Waals surface area contributed by atoms with Gasteiger partial charge in [-0.15, -0.1) is 0 Å². The number of nitrogens with zero attached hydrogens (tertiary/aromatic N) is 4. The van der Waals surface area contributed by atoms with Crippen LogP contribution in [-0.2, 0) is 7.05 Å². The summed E-state index contributed by atoms with van der Waals surface area (Å²) in [5, 5.41) is 8.20. The third-order valence-electron chi connectivity index (χ3n) is 2.14. The van der Waals surface area contributed by atoms with Gasteiger partial charge in [-0.2, -0.15) is 5.10 Å². The number of rotatable bonds is 5. The molecule has 0 saturated carbocycles. The van der Waals surface area contributed by atoms with Gasteiger partial charge in [0.15, 0.2) is 0 Å². The Labute approximate surface area is 119 Å². The average Bonchev–Trinajstić information content (AvgIpc) is 2.76. The molecule has 2 aromatic heterocycles. The summed E-state index contributed by atoms with van der Waals surface area (Å²) in [7, 11) is 1.90. The summed E-state index contributed by atoms with van der Waals surface area (Å²) in [6.07, 6.45) is 6.59. The van der Waals surface area contributed by atoms with Gasteiger partial charge in [0, 0.05) is 26.0 Å². The molecule has 0 fully saturated rings. The molecule has 5 nitrogen and oxygen atoms in total. The first-order chi connectivity index (χ1) is 8.69. The van der Waals surface area contributed by atoms with Gasteiger partial charge in [0.25, 0.3) is 0 Å². The summed E-state index contributed by atoms with van der Waals surface area (Å²) in [5.74, 6) is 0.659. The van der Waals surface area contributed by atoms with E-state index in [1.807, 2.05) is 19.4 Å². The maximum absolute atomic E-state index is 4.47. The van der Waals surface area contributed by atoms with Crippen molar-refractivity contribution in [1.82, 2.24) is 19.7 Å². The highest BCUT2D eigenvalue weighted by Gasteiger charge is 2.08. The van der Waals surface area contributed by atoms with Crippen molar-refractivity contribution in [2.24, 2.45) is 7.05 Å². The Morgan fingerprint density at radius 2 is 2.28 bits per heavy atom. The molecule has 0 aliphatic carbocycles. The highest BCUT2D eigenvalue weighted by molar-refractivity contribution is 9.10. The number of hydrogen-bond acceptors (Lipinski definition) is 5. The van der Waals surface area contributed by atoms with Crippen LogP contribution >= 0.6 is 27.7 Å². The van der Waals surface area contributed by atoms with Crippen molar-refractivity contribution in [3.8, 4) is 0 Å². The molecule has 0 aliphatic rings. The average molecular weight is 328 g/mol. The van der Waals surface area contributed by atoms with Crippen LogP contribution in [0.2, 0.25) is 0 Å². The van der Waals surface area contributed by atoms with Crippen LogP contribution in [0.5, 0.6) is 0 Å². The largest absolute Gasteiger partial charge is 0.354 e. The lowest BCUT2D eigenvalue weighted by Gasteiger charge is -2.06.